The first kappa shape index (κ1) is 18.6. The first-order chi connectivity index (χ1) is 12.9. The van der Waals surface area contributed by atoms with Crippen molar-refractivity contribution in [1.82, 2.24) is 20.5 Å². The highest BCUT2D eigenvalue weighted by atomic mass is 19.3. The number of rotatable bonds is 6. The van der Waals surface area contributed by atoms with Gasteiger partial charge in [-0.25, -0.2) is 18.6 Å². The number of halogens is 2. The lowest BCUT2D eigenvalue weighted by molar-refractivity contribution is 0.130. The summed E-state index contributed by atoms with van der Waals surface area (Å²) in [5.74, 6) is 0.608. The Balaban J connectivity index is 1.66. The molecule has 2 atom stereocenters. The summed E-state index contributed by atoms with van der Waals surface area (Å²) in [6.45, 7) is 3.25. The SMILES string of the molecule is C[C@@H](NC(=O)Nc1cc2[nH]nc(N[C@H](C)C(F)F)c2cn1)c1ccccc1. The van der Waals surface area contributed by atoms with Crippen molar-refractivity contribution >= 4 is 28.6 Å². The summed E-state index contributed by atoms with van der Waals surface area (Å²) in [5.41, 5.74) is 1.55. The first-order valence-electron chi connectivity index (χ1n) is 8.45. The number of fused-ring (bicyclic) bond motifs is 1. The average molecular weight is 374 g/mol. The van der Waals surface area contributed by atoms with Gasteiger partial charge in [0.15, 0.2) is 5.82 Å². The number of anilines is 2. The van der Waals surface area contributed by atoms with Gasteiger partial charge in [0.1, 0.15) is 5.82 Å². The Bertz CT molecular complexity index is 915. The van der Waals surface area contributed by atoms with E-state index in [-0.39, 0.29) is 6.04 Å². The Kier molecular flexibility index (Phi) is 5.49. The molecule has 3 aromatic rings. The number of H-pyrrole nitrogens is 1. The summed E-state index contributed by atoms with van der Waals surface area (Å²) >= 11 is 0. The Morgan fingerprint density at radius 2 is 1.93 bits per heavy atom. The second kappa shape index (κ2) is 7.98. The van der Waals surface area contributed by atoms with Gasteiger partial charge in [-0.3, -0.25) is 10.4 Å². The van der Waals surface area contributed by atoms with Gasteiger partial charge in [-0.15, -0.1) is 0 Å². The highest BCUT2D eigenvalue weighted by molar-refractivity contribution is 5.94. The molecule has 0 radical (unpaired) electrons. The van der Waals surface area contributed by atoms with E-state index in [1.807, 2.05) is 37.3 Å². The number of hydrogen-bond donors (Lipinski definition) is 4. The number of carbonyl (C=O) groups excluding carboxylic acids is 1. The Labute approximate surface area is 154 Å². The van der Waals surface area contributed by atoms with E-state index in [1.165, 1.54) is 13.1 Å². The number of hydrogen-bond acceptors (Lipinski definition) is 4. The van der Waals surface area contributed by atoms with Crippen LogP contribution < -0.4 is 16.0 Å². The highest BCUT2D eigenvalue weighted by Gasteiger charge is 2.17. The topological polar surface area (TPSA) is 94.7 Å². The largest absolute Gasteiger partial charge is 0.360 e. The molecule has 1 aromatic carbocycles. The van der Waals surface area contributed by atoms with Crippen LogP contribution in [-0.4, -0.2) is 33.7 Å². The van der Waals surface area contributed by atoms with Crippen LogP contribution in [0.2, 0.25) is 0 Å². The smallest absolute Gasteiger partial charge is 0.320 e. The van der Waals surface area contributed by atoms with E-state index in [0.717, 1.165) is 5.56 Å². The molecule has 0 saturated carbocycles. The quantitative estimate of drug-likeness (QED) is 0.526. The number of alkyl halides is 2. The van der Waals surface area contributed by atoms with Crippen LogP contribution in [0.3, 0.4) is 0 Å². The predicted octanol–water partition coefficient (Wildman–Crippen LogP) is 3.91. The lowest BCUT2D eigenvalue weighted by Gasteiger charge is -2.14. The second-order valence-corrected chi connectivity index (χ2v) is 6.19. The molecule has 0 aliphatic rings. The molecule has 27 heavy (non-hydrogen) atoms. The van der Waals surface area contributed by atoms with Gasteiger partial charge in [-0.05, 0) is 19.4 Å². The van der Waals surface area contributed by atoms with Crippen molar-refractivity contribution in [3.63, 3.8) is 0 Å². The standard InChI is InChI=1S/C18H20F2N6O/c1-10(12-6-4-3-5-7-12)23-18(27)24-15-8-14-13(9-21-15)17(26-25-14)22-11(2)16(19)20/h3-11,16H,1-2H3,(H2,22,25,26)(H2,21,23,24,27)/t10-,11-/m1/s1. The summed E-state index contributed by atoms with van der Waals surface area (Å²) in [5, 5.41) is 15.4. The summed E-state index contributed by atoms with van der Waals surface area (Å²) in [6.07, 6.45) is -1.05. The van der Waals surface area contributed by atoms with Gasteiger partial charge >= 0.3 is 6.03 Å². The minimum Gasteiger partial charge on any atom is -0.360 e. The van der Waals surface area contributed by atoms with Gasteiger partial charge in [0.05, 0.1) is 23.0 Å². The predicted molar refractivity (Wildman–Crippen MR) is 100.0 cm³/mol. The molecule has 0 unspecified atom stereocenters. The normalized spacial score (nSPS) is 13.4. The summed E-state index contributed by atoms with van der Waals surface area (Å²) < 4.78 is 25.4. The van der Waals surface area contributed by atoms with Crippen molar-refractivity contribution in [2.24, 2.45) is 0 Å². The number of urea groups is 1. The maximum atomic E-state index is 12.7. The molecule has 4 N–H and O–H groups in total. The van der Waals surface area contributed by atoms with Crippen molar-refractivity contribution in [3.8, 4) is 0 Å². The van der Waals surface area contributed by atoms with Gasteiger partial charge < -0.3 is 10.6 Å². The molecule has 2 heterocycles. The van der Waals surface area contributed by atoms with Crippen LogP contribution in [0, 0.1) is 0 Å². The number of benzene rings is 1. The third-order valence-corrected chi connectivity index (χ3v) is 4.08. The Morgan fingerprint density at radius 1 is 1.19 bits per heavy atom. The first-order valence-corrected chi connectivity index (χ1v) is 8.45. The molecule has 0 bridgehead atoms. The van der Waals surface area contributed by atoms with Crippen LogP contribution in [0.25, 0.3) is 10.9 Å². The molecule has 0 saturated heterocycles. The number of carbonyl (C=O) groups is 1. The van der Waals surface area contributed by atoms with Crippen LogP contribution in [-0.2, 0) is 0 Å². The van der Waals surface area contributed by atoms with E-state index in [1.54, 1.807) is 6.07 Å². The van der Waals surface area contributed by atoms with Crippen molar-refractivity contribution in [3.05, 3.63) is 48.2 Å². The zero-order chi connectivity index (χ0) is 19.4. The zero-order valence-corrected chi connectivity index (χ0v) is 14.8. The maximum absolute atomic E-state index is 12.7. The maximum Gasteiger partial charge on any atom is 0.320 e. The van der Waals surface area contributed by atoms with Crippen molar-refractivity contribution in [2.45, 2.75) is 32.4 Å². The summed E-state index contributed by atoms with van der Waals surface area (Å²) in [6, 6.07) is 9.54. The summed E-state index contributed by atoms with van der Waals surface area (Å²) in [7, 11) is 0. The van der Waals surface area contributed by atoms with Crippen molar-refractivity contribution in [1.29, 1.82) is 0 Å². The molecule has 2 aromatic heterocycles. The monoisotopic (exact) mass is 374 g/mol. The van der Waals surface area contributed by atoms with Gasteiger partial charge in [0.2, 0.25) is 0 Å². The fourth-order valence-electron chi connectivity index (χ4n) is 2.54. The van der Waals surface area contributed by atoms with Crippen LogP contribution in [0.5, 0.6) is 0 Å². The lowest BCUT2D eigenvalue weighted by Crippen LogP contribution is -2.31. The third kappa shape index (κ3) is 4.49. The number of aromatic nitrogens is 3. The minimum atomic E-state index is -2.51. The molecule has 142 valence electrons. The second-order valence-electron chi connectivity index (χ2n) is 6.19. The number of aromatic amines is 1. The molecule has 0 fully saturated rings. The van der Waals surface area contributed by atoms with Crippen molar-refractivity contribution in [2.75, 3.05) is 10.6 Å². The number of nitrogens with zero attached hydrogens (tertiary/aromatic N) is 2. The molecule has 7 nitrogen and oxygen atoms in total. The molecular formula is C18H20F2N6O. The van der Waals surface area contributed by atoms with Crippen LogP contribution in [0.1, 0.15) is 25.5 Å². The molecule has 0 spiro atoms. The van der Waals surface area contributed by atoms with E-state index in [4.69, 9.17) is 0 Å². The molecule has 0 aliphatic carbocycles. The molecule has 2 amide bonds. The number of amides is 2. The van der Waals surface area contributed by atoms with Crippen LogP contribution in [0.4, 0.5) is 25.2 Å². The van der Waals surface area contributed by atoms with Gasteiger partial charge in [-0.1, -0.05) is 30.3 Å². The fraction of sp³-hybridized carbons (Fsp3) is 0.278. The van der Waals surface area contributed by atoms with Gasteiger partial charge in [-0.2, -0.15) is 5.10 Å². The zero-order valence-electron chi connectivity index (χ0n) is 14.8. The van der Waals surface area contributed by atoms with Crippen molar-refractivity contribution < 1.29 is 13.6 Å². The molecule has 9 heteroatoms. The minimum absolute atomic E-state index is 0.172. The average Bonchev–Trinajstić information content (AvgIpc) is 3.04. The third-order valence-electron chi connectivity index (χ3n) is 4.08. The highest BCUT2D eigenvalue weighted by Crippen LogP contribution is 2.23. The number of nitrogens with one attached hydrogen (secondary N) is 4. The molecular weight excluding hydrogens is 354 g/mol. The van der Waals surface area contributed by atoms with E-state index >= 15 is 0 Å². The van der Waals surface area contributed by atoms with E-state index in [0.29, 0.717) is 22.5 Å². The number of pyridine rings is 1. The van der Waals surface area contributed by atoms with Crippen LogP contribution >= 0.6 is 0 Å². The summed E-state index contributed by atoms with van der Waals surface area (Å²) in [4.78, 5) is 16.3. The fourth-order valence-corrected chi connectivity index (χ4v) is 2.54. The van der Waals surface area contributed by atoms with Gasteiger partial charge in [0.25, 0.3) is 6.43 Å². The Hall–Kier alpha value is -3.23. The molecule has 0 aliphatic heterocycles. The van der Waals surface area contributed by atoms with E-state index in [2.05, 4.69) is 31.1 Å². The van der Waals surface area contributed by atoms with Crippen LogP contribution in [0.15, 0.2) is 42.6 Å². The lowest BCUT2D eigenvalue weighted by atomic mass is 10.1. The van der Waals surface area contributed by atoms with Gasteiger partial charge in [0, 0.05) is 12.3 Å². The van der Waals surface area contributed by atoms with E-state index in [9.17, 15) is 13.6 Å². The molecule has 3 rings (SSSR count). The van der Waals surface area contributed by atoms with E-state index < -0.39 is 18.5 Å². The Morgan fingerprint density at radius 3 is 2.63 bits per heavy atom.